The van der Waals surface area contributed by atoms with Crippen molar-refractivity contribution in [3.05, 3.63) is 52.6 Å². The van der Waals surface area contributed by atoms with Gasteiger partial charge in [0.05, 0.1) is 18.2 Å². The molecule has 8 heteroatoms. The Kier molecular flexibility index (Phi) is 5.04. The largest absolute Gasteiger partial charge is 0.354 e. The summed E-state index contributed by atoms with van der Waals surface area (Å²) < 4.78 is 0. The third-order valence-corrected chi connectivity index (χ3v) is 5.39. The average molecular weight is 405 g/mol. The maximum absolute atomic E-state index is 12.9. The topological polar surface area (TPSA) is 56.8 Å². The Morgan fingerprint density at radius 3 is 2.30 bits per heavy atom. The number of benzene rings is 1. The van der Waals surface area contributed by atoms with Crippen molar-refractivity contribution >= 4 is 46.5 Å². The van der Waals surface area contributed by atoms with Crippen LogP contribution in [0.1, 0.15) is 6.42 Å². The van der Waals surface area contributed by atoms with E-state index in [0.29, 0.717) is 28.8 Å². The first-order chi connectivity index (χ1) is 13.0. The second-order valence-corrected chi connectivity index (χ2v) is 7.50. The van der Waals surface area contributed by atoms with Gasteiger partial charge in [0, 0.05) is 42.4 Å². The van der Waals surface area contributed by atoms with Gasteiger partial charge in [-0.1, -0.05) is 29.3 Å². The van der Waals surface area contributed by atoms with Crippen LogP contribution < -0.4 is 9.80 Å². The van der Waals surface area contributed by atoms with Gasteiger partial charge in [-0.3, -0.25) is 14.5 Å². The zero-order valence-corrected chi connectivity index (χ0v) is 16.0. The van der Waals surface area contributed by atoms with Gasteiger partial charge in [0.1, 0.15) is 5.82 Å². The monoisotopic (exact) mass is 404 g/mol. The van der Waals surface area contributed by atoms with Crippen LogP contribution in [0.15, 0.2) is 42.6 Å². The molecule has 2 fully saturated rings. The molecule has 0 aliphatic carbocycles. The van der Waals surface area contributed by atoms with Crippen molar-refractivity contribution in [1.82, 2.24) is 9.88 Å². The summed E-state index contributed by atoms with van der Waals surface area (Å²) in [5.41, 5.74) is 0.428. The lowest BCUT2D eigenvalue weighted by atomic mass is 10.1. The Labute approximate surface area is 167 Å². The smallest absolute Gasteiger partial charge is 0.251 e. The molecule has 2 aliphatic heterocycles. The van der Waals surface area contributed by atoms with Gasteiger partial charge in [-0.2, -0.15) is 0 Å². The lowest BCUT2D eigenvalue weighted by Crippen LogP contribution is -2.52. The highest BCUT2D eigenvalue weighted by molar-refractivity contribution is 6.35. The van der Waals surface area contributed by atoms with Crippen LogP contribution in [0.5, 0.6) is 0 Å². The zero-order valence-electron chi connectivity index (χ0n) is 14.5. The number of hydrogen-bond donors (Lipinski definition) is 0. The molecule has 27 heavy (non-hydrogen) atoms. The third kappa shape index (κ3) is 3.65. The zero-order chi connectivity index (χ0) is 19.0. The normalized spacial score (nSPS) is 21.2. The van der Waals surface area contributed by atoms with E-state index < -0.39 is 6.04 Å². The van der Waals surface area contributed by atoms with Crippen LogP contribution in [-0.2, 0) is 9.59 Å². The van der Waals surface area contributed by atoms with E-state index in [9.17, 15) is 9.59 Å². The van der Waals surface area contributed by atoms with Gasteiger partial charge in [-0.05, 0) is 30.3 Å². The summed E-state index contributed by atoms with van der Waals surface area (Å²) in [7, 11) is 0. The van der Waals surface area contributed by atoms with Crippen LogP contribution >= 0.6 is 23.2 Å². The Morgan fingerprint density at radius 2 is 1.67 bits per heavy atom. The first-order valence-electron chi connectivity index (χ1n) is 8.76. The summed E-state index contributed by atoms with van der Waals surface area (Å²) in [5, 5.41) is 0.788. The summed E-state index contributed by atoms with van der Waals surface area (Å²) in [6.45, 7) is 2.92. The molecule has 2 aliphatic rings. The molecule has 1 aromatic heterocycles. The van der Waals surface area contributed by atoms with Gasteiger partial charge >= 0.3 is 0 Å². The number of pyridine rings is 1. The predicted molar refractivity (Wildman–Crippen MR) is 105 cm³/mol. The molecule has 0 bridgehead atoms. The van der Waals surface area contributed by atoms with Gasteiger partial charge in [-0.15, -0.1) is 0 Å². The second-order valence-electron chi connectivity index (χ2n) is 6.63. The number of piperazine rings is 1. The minimum Gasteiger partial charge on any atom is -0.354 e. The van der Waals surface area contributed by atoms with E-state index in [1.54, 1.807) is 24.4 Å². The molecule has 0 saturated carbocycles. The molecule has 2 aromatic rings. The highest BCUT2D eigenvalue weighted by atomic mass is 35.5. The van der Waals surface area contributed by atoms with E-state index in [4.69, 9.17) is 23.2 Å². The van der Waals surface area contributed by atoms with Crippen LogP contribution in [0, 0.1) is 0 Å². The summed E-state index contributed by atoms with van der Waals surface area (Å²) >= 11 is 12.1. The van der Waals surface area contributed by atoms with Crippen LogP contribution in [0.4, 0.5) is 11.5 Å². The first-order valence-corrected chi connectivity index (χ1v) is 9.51. The van der Waals surface area contributed by atoms with E-state index in [1.807, 2.05) is 18.2 Å². The third-order valence-electron chi connectivity index (χ3n) is 4.96. The predicted octanol–water partition coefficient (Wildman–Crippen LogP) is 2.84. The van der Waals surface area contributed by atoms with Crippen LogP contribution in [-0.4, -0.2) is 53.9 Å². The number of aromatic nitrogens is 1. The SMILES string of the molecule is O=C1C[C@@H](N2CCN(c3ccccn3)CC2)C(=O)N1c1cc(Cl)cc(Cl)c1. The molecule has 1 atom stereocenters. The van der Waals surface area contributed by atoms with Crippen LogP contribution in [0.25, 0.3) is 0 Å². The van der Waals surface area contributed by atoms with Gasteiger partial charge in [0.15, 0.2) is 0 Å². The molecule has 0 N–H and O–H groups in total. The Hall–Kier alpha value is -2.15. The van der Waals surface area contributed by atoms with Crippen molar-refractivity contribution < 1.29 is 9.59 Å². The fraction of sp³-hybridized carbons (Fsp3) is 0.316. The summed E-state index contributed by atoms with van der Waals surface area (Å²) in [6, 6.07) is 10.1. The summed E-state index contributed by atoms with van der Waals surface area (Å²) in [5.74, 6) is 0.487. The number of carbonyl (C=O) groups excluding carboxylic acids is 2. The average Bonchev–Trinajstić information content (AvgIpc) is 2.96. The lowest BCUT2D eigenvalue weighted by Gasteiger charge is -2.37. The Balaban J connectivity index is 1.46. The number of imide groups is 1. The Morgan fingerprint density at radius 1 is 0.963 bits per heavy atom. The fourth-order valence-electron chi connectivity index (χ4n) is 3.64. The van der Waals surface area contributed by atoms with E-state index >= 15 is 0 Å². The van der Waals surface area contributed by atoms with Gasteiger partial charge in [-0.25, -0.2) is 9.88 Å². The quantitative estimate of drug-likeness (QED) is 0.736. The molecule has 4 rings (SSSR count). The number of hydrogen-bond acceptors (Lipinski definition) is 5. The molecule has 6 nitrogen and oxygen atoms in total. The van der Waals surface area contributed by atoms with Crippen LogP contribution in [0.3, 0.4) is 0 Å². The van der Waals surface area contributed by atoms with Crippen molar-refractivity contribution in [3.8, 4) is 0 Å². The number of carbonyl (C=O) groups is 2. The standard InChI is InChI=1S/C19H18Cl2N4O2/c20-13-9-14(21)11-15(10-13)25-18(26)12-16(19(25)27)23-5-7-24(8-6-23)17-3-1-2-4-22-17/h1-4,9-11,16H,5-8,12H2/t16-/m1/s1. The molecule has 1 aromatic carbocycles. The van der Waals surface area contributed by atoms with Crippen molar-refractivity contribution in [2.75, 3.05) is 36.0 Å². The van der Waals surface area contributed by atoms with Crippen molar-refractivity contribution in [1.29, 1.82) is 0 Å². The van der Waals surface area contributed by atoms with Gasteiger partial charge < -0.3 is 4.90 Å². The molecular weight excluding hydrogens is 387 g/mol. The molecule has 2 saturated heterocycles. The lowest BCUT2D eigenvalue weighted by molar-refractivity contribution is -0.123. The van der Waals surface area contributed by atoms with E-state index in [1.165, 1.54) is 4.90 Å². The van der Waals surface area contributed by atoms with Crippen molar-refractivity contribution in [3.63, 3.8) is 0 Å². The van der Waals surface area contributed by atoms with Crippen molar-refractivity contribution in [2.24, 2.45) is 0 Å². The minimum atomic E-state index is -0.443. The molecule has 140 valence electrons. The van der Waals surface area contributed by atoms with Gasteiger partial charge in [0.2, 0.25) is 5.91 Å². The number of rotatable bonds is 3. The van der Waals surface area contributed by atoms with E-state index in [0.717, 1.165) is 18.9 Å². The molecule has 0 unspecified atom stereocenters. The molecule has 0 spiro atoms. The van der Waals surface area contributed by atoms with Crippen LogP contribution in [0.2, 0.25) is 10.0 Å². The summed E-state index contributed by atoms with van der Waals surface area (Å²) in [6.07, 6.45) is 1.95. The fourth-order valence-corrected chi connectivity index (χ4v) is 4.16. The number of halogens is 2. The molecule has 0 radical (unpaired) electrons. The molecular formula is C19H18Cl2N4O2. The maximum Gasteiger partial charge on any atom is 0.251 e. The Bertz CT molecular complexity index is 849. The van der Waals surface area contributed by atoms with E-state index in [-0.39, 0.29) is 18.2 Å². The number of anilines is 2. The summed E-state index contributed by atoms with van der Waals surface area (Å²) in [4.78, 5) is 35.3. The molecule has 3 heterocycles. The second kappa shape index (κ2) is 7.46. The van der Waals surface area contributed by atoms with Gasteiger partial charge in [0.25, 0.3) is 5.91 Å². The number of nitrogens with zero attached hydrogens (tertiary/aromatic N) is 4. The van der Waals surface area contributed by atoms with E-state index in [2.05, 4.69) is 14.8 Å². The van der Waals surface area contributed by atoms with Crippen molar-refractivity contribution in [2.45, 2.75) is 12.5 Å². The first kappa shape index (κ1) is 18.2. The number of amides is 2. The highest BCUT2D eigenvalue weighted by Gasteiger charge is 2.43. The maximum atomic E-state index is 12.9. The highest BCUT2D eigenvalue weighted by Crippen LogP contribution is 2.31. The minimum absolute atomic E-state index is 0.173. The molecule has 2 amide bonds.